The maximum absolute atomic E-state index is 12.5. The van der Waals surface area contributed by atoms with E-state index in [1.165, 1.54) is 51.4 Å². The third-order valence-electron chi connectivity index (χ3n) is 3.70. The number of hydrogen-bond donors (Lipinski definition) is 2. The molecule has 0 radical (unpaired) electrons. The van der Waals surface area contributed by atoms with Crippen molar-refractivity contribution in [2.75, 3.05) is 40.3 Å². The summed E-state index contributed by atoms with van der Waals surface area (Å²) >= 11 is 0. The normalized spacial score (nSPS) is 10.6. The lowest BCUT2D eigenvalue weighted by Crippen LogP contribution is -2.32. The molecule has 1 aromatic rings. The van der Waals surface area contributed by atoms with E-state index >= 15 is 0 Å². The van der Waals surface area contributed by atoms with Crippen molar-refractivity contribution in [2.45, 2.75) is 46.1 Å². The molecular weight excluding hydrogens is 308 g/mol. The molecule has 0 spiro atoms. The molecule has 0 unspecified atom stereocenters. The second-order valence-corrected chi connectivity index (χ2v) is 5.93. The lowest BCUT2D eigenvalue weighted by atomic mass is 10.2. The van der Waals surface area contributed by atoms with Gasteiger partial charge in [0.2, 0.25) is 0 Å². The zero-order valence-corrected chi connectivity index (χ0v) is 15.8. The molecule has 0 saturated heterocycles. The molecule has 0 amide bonds. The van der Waals surface area contributed by atoms with Gasteiger partial charge in [0.15, 0.2) is 11.6 Å². The van der Waals surface area contributed by atoms with Crippen LogP contribution < -0.4 is 10.6 Å². The van der Waals surface area contributed by atoms with Crippen molar-refractivity contribution in [3.63, 3.8) is 0 Å². The SMILES string of the molecule is CCCCN(CCCC)CCNC.CNCc1ccc(F)c(F)c1. The van der Waals surface area contributed by atoms with Crippen molar-refractivity contribution in [3.8, 4) is 0 Å². The van der Waals surface area contributed by atoms with E-state index in [1.54, 1.807) is 13.1 Å². The van der Waals surface area contributed by atoms with Crippen LogP contribution in [0.15, 0.2) is 18.2 Å². The Bertz CT molecular complexity index is 395. The molecule has 0 heterocycles. The Hall–Kier alpha value is -1.04. The first kappa shape index (κ1) is 23.0. The maximum atomic E-state index is 12.5. The van der Waals surface area contributed by atoms with Crippen molar-refractivity contribution >= 4 is 0 Å². The largest absolute Gasteiger partial charge is 0.318 e. The van der Waals surface area contributed by atoms with E-state index in [2.05, 4.69) is 29.4 Å². The zero-order valence-electron chi connectivity index (χ0n) is 15.8. The van der Waals surface area contributed by atoms with Gasteiger partial charge in [0.1, 0.15) is 0 Å². The molecule has 0 aliphatic heterocycles. The highest BCUT2D eigenvalue weighted by Crippen LogP contribution is 2.07. The van der Waals surface area contributed by atoms with E-state index in [0.29, 0.717) is 6.54 Å². The summed E-state index contributed by atoms with van der Waals surface area (Å²) in [7, 11) is 3.78. The van der Waals surface area contributed by atoms with Gasteiger partial charge in [-0.3, -0.25) is 0 Å². The van der Waals surface area contributed by atoms with Gasteiger partial charge in [0.25, 0.3) is 0 Å². The monoisotopic (exact) mass is 343 g/mol. The minimum Gasteiger partial charge on any atom is -0.318 e. The molecule has 1 rings (SSSR count). The topological polar surface area (TPSA) is 27.3 Å². The molecule has 24 heavy (non-hydrogen) atoms. The van der Waals surface area contributed by atoms with Gasteiger partial charge in [-0.1, -0.05) is 32.8 Å². The summed E-state index contributed by atoms with van der Waals surface area (Å²) in [6, 6.07) is 3.86. The third-order valence-corrected chi connectivity index (χ3v) is 3.70. The molecule has 0 fully saturated rings. The molecule has 0 aromatic heterocycles. The molecule has 2 N–H and O–H groups in total. The highest BCUT2D eigenvalue weighted by atomic mass is 19.2. The molecule has 140 valence electrons. The lowest BCUT2D eigenvalue weighted by molar-refractivity contribution is 0.267. The van der Waals surface area contributed by atoms with Crippen LogP contribution in [0.3, 0.4) is 0 Å². The van der Waals surface area contributed by atoms with E-state index in [-0.39, 0.29) is 0 Å². The van der Waals surface area contributed by atoms with Crippen LogP contribution in [-0.4, -0.2) is 45.2 Å². The first-order chi connectivity index (χ1) is 11.6. The van der Waals surface area contributed by atoms with Crippen LogP contribution in [0.1, 0.15) is 45.1 Å². The number of nitrogens with zero attached hydrogens (tertiary/aromatic N) is 1. The molecular formula is C19H35F2N3. The van der Waals surface area contributed by atoms with Crippen LogP contribution in [-0.2, 0) is 6.54 Å². The van der Waals surface area contributed by atoms with Gasteiger partial charge in [-0.25, -0.2) is 8.78 Å². The molecule has 0 atom stereocenters. The number of rotatable bonds is 11. The Morgan fingerprint density at radius 3 is 1.96 bits per heavy atom. The van der Waals surface area contributed by atoms with E-state index in [9.17, 15) is 8.78 Å². The molecule has 0 aliphatic rings. The molecule has 0 saturated carbocycles. The summed E-state index contributed by atoms with van der Waals surface area (Å²) in [4.78, 5) is 2.57. The minimum absolute atomic E-state index is 0.553. The summed E-state index contributed by atoms with van der Waals surface area (Å²) in [6.45, 7) is 9.95. The number of hydrogen-bond acceptors (Lipinski definition) is 3. The van der Waals surface area contributed by atoms with Crippen LogP contribution in [0, 0.1) is 11.6 Å². The Morgan fingerprint density at radius 1 is 0.875 bits per heavy atom. The van der Waals surface area contributed by atoms with E-state index in [0.717, 1.165) is 18.2 Å². The van der Waals surface area contributed by atoms with Crippen LogP contribution in [0.25, 0.3) is 0 Å². The number of nitrogens with one attached hydrogen (secondary N) is 2. The molecule has 0 bridgehead atoms. The minimum atomic E-state index is -0.801. The predicted octanol–water partition coefficient (Wildman–Crippen LogP) is 3.79. The number of halogens is 2. The van der Waals surface area contributed by atoms with E-state index in [4.69, 9.17) is 0 Å². The van der Waals surface area contributed by atoms with Gasteiger partial charge < -0.3 is 15.5 Å². The molecule has 5 heteroatoms. The van der Waals surface area contributed by atoms with Gasteiger partial charge in [-0.2, -0.15) is 0 Å². The number of likely N-dealkylation sites (N-methyl/N-ethyl adjacent to an activating group) is 1. The highest BCUT2D eigenvalue weighted by molar-refractivity contribution is 5.17. The van der Waals surface area contributed by atoms with Crippen LogP contribution >= 0.6 is 0 Å². The Morgan fingerprint density at radius 2 is 1.50 bits per heavy atom. The van der Waals surface area contributed by atoms with Crippen molar-refractivity contribution in [1.82, 2.24) is 15.5 Å². The third kappa shape index (κ3) is 11.5. The standard InChI is InChI=1S/C11H26N2.C8H9F2N/c1-4-6-9-13(10-7-5-2)11-8-12-3;1-11-5-6-2-3-7(9)8(10)4-6/h12H,4-11H2,1-3H3;2-4,11H,5H2,1H3. The van der Waals surface area contributed by atoms with Crippen molar-refractivity contribution in [2.24, 2.45) is 0 Å². The number of unbranched alkanes of at least 4 members (excludes halogenated alkanes) is 2. The average molecular weight is 344 g/mol. The van der Waals surface area contributed by atoms with Gasteiger partial charge >= 0.3 is 0 Å². The zero-order chi connectivity index (χ0) is 18.2. The predicted molar refractivity (Wildman–Crippen MR) is 99.3 cm³/mol. The summed E-state index contributed by atoms with van der Waals surface area (Å²) in [5.41, 5.74) is 0.742. The summed E-state index contributed by atoms with van der Waals surface area (Å²) < 4.78 is 24.8. The highest BCUT2D eigenvalue weighted by Gasteiger charge is 2.02. The van der Waals surface area contributed by atoms with Crippen LogP contribution in [0.4, 0.5) is 8.78 Å². The summed E-state index contributed by atoms with van der Waals surface area (Å²) in [5.74, 6) is -1.59. The lowest BCUT2D eigenvalue weighted by Gasteiger charge is -2.21. The van der Waals surface area contributed by atoms with E-state index in [1.807, 2.05) is 7.05 Å². The van der Waals surface area contributed by atoms with Gasteiger partial charge in [-0.15, -0.1) is 0 Å². The Balaban J connectivity index is 0.000000446. The van der Waals surface area contributed by atoms with Crippen molar-refractivity contribution in [1.29, 1.82) is 0 Å². The molecule has 3 nitrogen and oxygen atoms in total. The van der Waals surface area contributed by atoms with Crippen molar-refractivity contribution in [3.05, 3.63) is 35.4 Å². The molecule has 0 aliphatic carbocycles. The fraction of sp³-hybridized carbons (Fsp3) is 0.684. The first-order valence-electron chi connectivity index (χ1n) is 9.04. The Kier molecular flexibility index (Phi) is 14.8. The average Bonchev–Trinajstić information content (AvgIpc) is 2.58. The second-order valence-electron chi connectivity index (χ2n) is 5.93. The van der Waals surface area contributed by atoms with Gasteiger partial charge in [0.05, 0.1) is 0 Å². The summed E-state index contributed by atoms with van der Waals surface area (Å²) in [5, 5.41) is 6.05. The van der Waals surface area contributed by atoms with Crippen LogP contribution in [0.2, 0.25) is 0 Å². The quantitative estimate of drug-likeness (QED) is 0.640. The fourth-order valence-corrected chi connectivity index (χ4v) is 2.22. The number of benzene rings is 1. The summed E-state index contributed by atoms with van der Waals surface area (Å²) in [6.07, 6.45) is 5.30. The fourth-order valence-electron chi connectivity index (χ4n) is 2.22. The van der Waals surface area contributed by atoms with Crippen LogP contribution in [0.5, 0.6) is 0 Å². The van der Waals surface area contributed by atoms with E-state index < -0.39 is 11.6 Å². The van der Waals surface area contributed by atoms with Gasteiger partial charge in [0, 0.05) is 19.6 Å². The second kappa shape index (κ2) is 15.5. The molecule has 1 aromatic carbocycles. The Labute approximate surface area is 146 Å². The van der Waals surface area contributed by atoms with Crippen molar-refractivity contribution < 1.29 is 8.78 Å². The smallest absolute Gasteiger partial charge is 0.159 e. The van der Waals surface area contributed by atoms with Gasteiger partial charge in [-0.05, 0) is 57.7 Å². The first-order valence-corrected chi connectivity index (χ1v) is 9.04. The maximum Gasteiger partial charge on any atom is 0.159 e.